The van der Waals surface area contributed by atoms with Crippen LogP contribution in [0.25, 0.3) is 0 Å². The van der Waals surface area contributed by atoms with E-state index in [4.69, 9.17) is 0 Å². The zero-order valence-corrected chi connectivity index (χ0v) is 19.3. The molecule has 3 rings (SSSR count). The number of rotatable bonds is 6. The fraction of sp³-hybridized carbons (Fsp3) is 0.524. The van der Waals surface area contributed by atoms with Gasteiger partial charge in [0.1, 0.15) is 11.9 Å². The average Bonchev–Trinajstić information content (AvgIpc) is 3.11. The molecule has 1 aliphatic rings. The van der Waals surface area contributed by atoms with Crippen molar-refractivity contribution in [1.82, 2.24) is 24.7 Å². The molecule has 2 aromatic rings. The van der Waals surface area contributed by atoms with Crippen LogP contribution in [0.5, 0.6) is 0 Å². The van der Waals surface area contributed by atoms with Gasteiger partial charge in [0, 0.05) is 57.2 Å². The Hall–Kier alpha value is -1.60. The largest absolute Gasteiger partial charge is 0.336 e. The van der Waals surface area contributed by atoms with E-state index in [0.717, 1.165) is 37.6 Å². The highest BCUT2D eigenvalue weighted by molar-refractivity contribution is 5.94. The first kappa shape index (κ1) is 25.4. The molecule has 1 N–H and O–H groups in total. The van der Waals surface area contributed by atoms with E-state index in [1.165, 1.54) is 5.56 Å². The normalized spacial score (nSPS) is 16.5. The van der Waals surface area contributed by atoms with E-state index in [2.05, 4.69) is 48.1 Å². The van der Waals surface area contributed by atoms with Gasteiger partial charge in [-0.1, -0.05) is 19.1 Å². The van der Waals surface area contributed by atoms with Crippen LogP contribution in [0.3, 0.4) is 0 Å². The minimum Gasteiger partial charge on any atom is -0.336 e. The van der Waals surface area contributed by atoms with Crippen molar-refractivity contribution in [2.45, 2.75) is 39.4 Å². The minimum absolute atomic E-state index is 0. The first-order valence-corrected chi connectivity index (χ1v) is 9.83. The van der Waals surface area contributed by atoms with E-state index in [1.54, 1.807) is 6.20 Å². The molecule has 1 aliphatic heterocycles. The summed E-state index contributed by atoms with van der Waals surface area (Å²) in [7, 11) is 1.97. The zero-order valence-electron chi connectivity index (χ0n) is 17.7. The number of imidazole rings is 1. The molecule has 1 aromatic heterocycles. The van der Waals surface area contributed by atoms with Crippen molar-refractivity contribution in [2.75, 3.05) is 26.2 Å². The number of nitrogens with one attached hydrogen (secondary N) is 1. The van der Waals surface area contributed by atoms with Crippen molar-refractivity contribution in [1.29, 1.82) is 0 Å². The molecule has 1 fully saturated rings. The Bertz CT molecular complexity index is 763. The van der Waals surface area contributed by atoms with Crippen molar-refractivity contribution in [3.05, 3.63) is 53.6 Å². The number of piperazine rings is 1. The molecule has 0 spiro atoms. The monoisotopic (exact) mass is 441 g/mol. The predicted molar refractivity (Wildman–Crippen MR) is 122 cm³/mol. The molecule has 0 saturated carbocycles. The van der Waals surface area contributed by atoms with E-state index in [9.17, 15) is 4.79 Å². The molecule has 2 heterocycles. The summed E-state index contributed by atoms with van der Waals surface area (Å²) in [6.45, 7) is 10.8. The van der Waals surface area contributed by atoms with Gasteiger partial charge in [-0.15, -0.1) is 24.8 Å². The van der Waals surface area contributed by atoms with Crippen LogP contribution in [-0.2, 0) is 13.6 Å². The molecule has 0 radical (unpaired) electrons. The molecule has 8 heteroatoms. The highest BCUT2D eigenvalue weighted by Gasteiger charge is 2.31. The van der Waals surface area contributed by atoms with Crippen LogP contribution < -0.4 is 5.32 Å². The average molecular weight is 442 g/mol. The maximum absolute atomic E-state index is 13.2. The fourth-order valence-electron chi connectivity index (χ4n) is 3.69. The second-order valence-electron chi connectivity index (χ2n) is 7.47. The highest BCUT2D eigenvalue weighted by atomic mass is 35.5. The molecule has 1 amide bonds. The molecule has 0 bridgehead atoms. The van der Waals surface area contributed by atoms with Gasteiger partial charge in [0.05, 0.1) is 0 Å². The van der Waals surface area contributed by atoms with Gasteiger partial charge in [-0.25, -0.2) is 4.98 Å². The van der Waals surface area contributed by atoms with E-state index in [-0.39, 0.29) is 36.8 Å². The summed E-state index contributed by atoms with van der Waals surface area (Å²) < 4.78 is 1.99. The summed E-state index contributed by atoms with van der Waals surface area (Å²) in [6.07, 6.45) is 3.71. The predicted octanol–water partition coefficient (Wildman–Crippen LogP) is 3.28. The molecule has 6 nitrogen and oxygen atoms in total. The van der Waals surface area contributed by atoms with Crippen LogP contribution in [-0.4, -0.2) is 57.5 Å². The third kappa shape index (κ3) is 5.95. The van der Waals surface area contributed by atoms with Crippen molar-refractivity contribution < 1.29 is 4.79 Å². The van der Waals surface area contributed by atoms with Gasteiger partial charge in [0.2, 0.25) is 0 Å². The van der Waals surface area contributed by atoms with E-state index in [1.807, 2.05) is 34.8 Å². The first-order valence-electron chi connectivity index (χ1n) is 9.83. The third-order valence-electron chi connectivity index (χ3n) is 5.38. The van der Waals surface area contributed by atoms with Crippen LogP contribution in [0, 0.1) is 0 Å². The van der Waals surface area contributed by atoms with Crippen molar-refractivity contribution in [3.8, 4) is 0 Å². The molecule has 0 aliphatic carbocycles. The zero-order chi connectivity index (χ0) is 19.4. The second kappa shape index (κ2) is 11.6. The molecule has 1 aromatic carbocycles. The molecule has 162 valence electrons. The number of amides is 1. The minimum atomic E-state index is -0.0394. The maximum atomic E-state index is 13.2. The lowest BCUT2D eigenvalue weighted by atomic mass is 10.1. The number of hydrogen-bond acceptors (Lipinski definition) is 4. The van der Waals surface area contributed by atoms with Gasteiger partial charge in [0.15, 0.2) is 0 Å². The summed E-state index contributed by atoms with van der Waals surface area (Å²) in [5.74, 6) is 0.995. The molecular formula is C21H33Cl2N5O. The lowest BCUT2D eigenvalue weighted by molar-refractivity contribution is 0.0621. The molecule has 1 saturated heterocycles. The van der Waals surface area contributed by atoms with Crippen LogP contribution in [0.1, 0.15) is 48.6 Å². The number of carbonyl (C=O) groups is 1. The first-order chi connectivity index (χ1) is 13.0. The van der Waals surface area contributed by atoms with Crippen molar-refractivity contribution >= 4 is 30.7 Å². The Morgan fingerprint density at radius 2 is 1.97 bits per heavy atom. The molecule has 1 unspecified atom stereocenters. The Morgan fingerprint density at radius 1 is 1.28 bits per heavy atom. The topological polar surface area (TPSA) is 53.4 Å². The Morgan fingerprint density at radius 3 is 2.52 bits per heavy atom. The summed E-state index contributed by atoms with van der Waals surface area (Å²) in [4.78, 5) is 22.0. The highest BCUT2D eigenvalue weighted by Crippen LogP contribution is 2.23. The lowest BCUT2D eigenvalue weighted by Crippen LogP contribution is -2.49. The Kier molecular flexibility index (Phi) is 10.1. The number of benzene rings is 1. The molecule has 29 heavy (non-hydrogen) atoms. The standard InChI is InChI=1S/C21H31N5O.2ClH/c1-5-25(16(2)3)15-17-6-8-18(9-7-17)21(27)26-13-10-22-14-19(26)20-23-11-12-24(20)4;;/h6-9,11-12,16,19,22H,5,10,13-15H2,1-4H3;2*1H. The van der Waals surface area contributed by atoms with Gasteiger partial charge < -0.3 is 14.8 Å². The summed E-state index contributed by atoms with van der Waals surface area (Å²) in [5.41, 5.74) is 1.98. The van der Waals surface area contributed by atoms with Gasteiger partial charge in [-0.3, -0.25) is 9.69 Å². The van der Waals surface area contributed by atoms with Crippen LogP contribution in [0.4, 0.5) is 0 Å². The molecule has 1 atom stereocenters. The van der Waals surface area contributed by atoms with E-state index >= 15 is 0 Å². The SMILES string of the molecule is CCN(Cc1ccc(C(=O)N2CCNCC2c2nccn2C)cc1)C(C)C.Cl.Cl. The summed E-state index contributed by atoms with van der Waals surface area (Å²) >= 11 is 0. The van der Waals surface area contributed by atoms with E-state index in [0.29, 0.717) is 12.6 Å². The van der Waals surface area contributed by atoms with E-state index < -0.39 is 0 Å². The van der Waals surface area contributed by atoms with Crippen molar-refractivity contribution in [2.24, 2.45) is 7.05 Å². The smallest absolute Gasteiger partial charge is 0.254 e. The number of aryl methyl sites for hydroxylation is 1. The van der Waals surface area contributed by atoms with Gasteiger partial charge in [0.25, 0.3) is 5.91 Å². The van der Waals surface area contributed by atoms with Crippen LogP contribution >= 0.6 is 24.8 Å². The number of carbonyl (C=O) groups excluding carboxylic acids is 1. The third-order valence-corrected chi connectivity index (χ3v) is 5.38. The lowest BCUT2D eigenvalue weighted by Gasteiger charge is -2.35. The maximum Gasteiger partial charge on any atom is 0.254 e. The van der Waals surface area contributed by atoms with Crippen LogP contribution in [0.15, 0.2) is 36.7 Å². The number of aromatic nitrogens is 2. The number of halogens is 2. The Labute approximate surface area is 186 Å². The quantitative estimate of drug-likeness (QED) is 0.746. The Balaban J connectivity index is 0.00000210. The van der Waals surface area contributed by atoms with Crippen molar-refractivity contribution in [3.63, 3.8) is 0 Å². The summed E-state index contributed by atoms with van der Waals surface area (Å²) in [5, 5.41) is 3.38. The molecular weight excluding hydrogens is 409 g/mol. The van der Waals surface area contributed by atoms with Gasteiger partial charge in [-0.2, -0.15) is 0 Å². The second-order valence-corrected chi connectivity index (χ2v) is 7.47. The number of hydrogen-bond donors (Lipinski definition) is 1. The van der Waals surface area contributed by atoms with Crippen LogP contribution in [0.2, 0.25) is 0 Å². The number of nitrogens with zero attached hydrogens (tertiary/aromatic N) is 4. The van der Waals surface area contributed by atoms with Gasteiger partial charge in [-0.05, 0) is 38.1 Å². The summed E-state index contributed by atoms with van der Waals surface area (Å²) in [6, 6.07) is 8.55. The fourth-order valence-corrected chi connectivity index (χ4v) is 3.69. The van der Waals surface area contributed by atoms with Gasteiger partial charge >= 0.3 is 0 Å².